The van der Waals surface area contributed by atoms with E-state index in [1.165, 1.54) is 28.2 Å². The molecule has 0 aromatic carbocycles. The van der Waals surface area contributed by atoms with Gasteiger partial charge in [0, 0.05) is 11.4 Å². The van der Waals surface area contributed by atoms with Gasteiger partial charge in [-0.15, -0.1) is 11.3 Å². The lowest BCUT2D eigenvalue weighted by Gasteiger charge is -2.08. The third kappa shape index (κ3) is 6.49. The minimum atomic E-state index is -0.631. The van der Waals surface area contributed by atoms with Crippen LogP contribution in [0.4, 0.5) is 4.79 Å². The van der Waals surface area contributed by atoms with Crippen molar-refractivity contribution in [2.45, 2.75) is 52.4 Å². The summed E-state index contributed by atoms with van der Waals surface area (Å²) in [6.07, 6.45) is 6.35. The Morgan fingerprint density at radius 3 is 2.72 bits per heavy atom. The van der Waals surface area contributed by atoms with Crippen LogP contribution in [0.1, 0.15) is 59.6 Å². The SMILES string of the molecule is CC(C)CCNC(=O)NC(=O)COC(=O)c1cc2c(s1)CCCCC2. The molecule has 3 amide bonds. The van der Waals surface area contributed by atoms with Gasteiger partial charge in [-0.05, 0) is 49.7 Å². The van der Waals surface area contributed by atoms with E-state index in [9.17, 15) is 14.4 Å². The average molecular weight is 366 g/mol. The van der Waals surface area contributed by atoms with Crippen molar-refractivity contribution in [3.05, 3.63) is 21.4 Å². The molecule has 0 aliphatic heterocycles. The van der Waals surface area contributed by atoms with E-state index in [2.05, 4.69) is 10.6 Å². The number of carbonyl (C=O) groups excluding carboxylic acids is 3. The predicted molar refractivity (Wildman–Crippen MR) is 96.9 cm³/mol. The lowest BCUT2D eigenvalue weighted by Crippen LogP contribution is -2.41. The predicted octanol–water partition coefficient (Wildman–Crippen LogP) is 3.05. The zero-order valence-electron chi connectivity index (χ0n) is 14.9. The number of hydrogen-bond donors (Lipinski definition) is 2. The molecule has 1 aromatic heterocycles. The number of amides is 3. The maximum atomic E-state index is 12.1. The van der Waals surface area contributed by atoms with Gasteiger partial charge in [0.2, 0.25) is 0 Å². The molecule has 0 saturated carbocycles. The van der Waals surface area contributed by atoms with E-state index in [0.717, 1.165) is 32.1 Å². The van der Waals surface area contributed by atoms with E-state index in [1.54, 1.807) is 0 Å². The second kappa shape index (κ2) is 9.56. The van der Waals surface area contributed by atoms with E-state index in [1.807, 2.05) is 19.9 Å². The molecule has 2 N–H and O–H groups in total. The minimum Gasteiger partial charge on any atom is -0.451 e. The normalized spacial score (nSPS) is 13.7. The summed E-state index contributed by atoms with van der Waals surface area (Å²) in [5, 5.41) is 4.75. The van der Waals surface area contributed by atoms with Crippen LogP contribution in [-0.2, 0) is 22.4 Å². The first-order chi connectivity index (χ1) is 12.0. The van der Waals surface area contributed by atoms with Crippen molar-refractivity contribution >= 4 is 29.2 Å². The van der Waals surface area contributed by atoms with Gasteiger partial charge >= 0.3 is 12.0 Å². The first-order valence-electron chi connectivity index (χ1n) is 8.82. The van der Waals surface area contributed by atoms with Crippen LogP contribution in [-0.4, -0.2) is 31.1 Å². The van der Waals surface area contributed by atoms with Crippen LogP contribution in [0.15, 0.2) is 6.07 Å². The lowest BCUT2D eigenvalue weighted by atomic mass is 10.1. The third-order valence-electron chi connectivity index (χ3n) is 4.04. The number of carbonyl (C=O) groups is 3. The molecule has 0 unspecified atom stereocenters. The van der Waals surface area contributed by atoms with Crippen LogP contribution in [0.3, 0.4) is 0 Å². The molecule has 0 atom stereocenters. The molecule has 138 valence electrons. The van der Waals surface area contributed by atoms with E-state index in [0.29, 0.717) is 17.3 Å². The summed E-state index contributed by atoms with van der Waals surface area (Å²) in [5.41, 5.74) is 1.23. The minimum absolute atomic E-state index is 0.459. The highest BCUT2D eigenvalue weighted by molar-refractivity contribution is 7.14. The van der Waals surface area contributed by atoms with Crippen molar-refractivity contribution in [2.75, 3.05) is 13.2 Å². The van der Waals surface area contributed by atoms with Crippen molar-refractivity contribution in [3.63, 3.8) is 0 Å². The van der Waals surface area contributed by atoms with Gasteiger partial charge in [-0.2, -0.15) is 0 Å². The molecule has 0 bridgehead atoms. The van der Waals surface area contributed by atoms with E-state index >= 15 is 0 Å². The molecule has 0 fully saturated rings. The molecule has 7 heteroatoms. The van der Waals surface area contributed by atoms with Crippen LogP contribution >= 0.6 is 11.3 Å². The molecular weight excluding hydrogens is 340 g/mol. The Labute approximate surface area is 152 Å². The Hall–Kier alpha value is -1.89. The number of thiophene rings is 1. The van der Waals surface area contributed by atoms with Crippen LogP contribution in [0.2, 0.25) is 0 Å². The zero-order chi connectivity index (χ0) is 18.2. The highest BCUT2D eigenvalue weighted by atomic mass is 32.1. The van der Waals surface area contributed by atoms with E-state index in [-0.39, 0.29) is 0 Å². The fraction of sp³-hybridized carbons (Fsp3) is 0.611. The van der Waals surface area contributed by atoms with Crippen LogP contribution in [0.25, 0.3) is 0 Å². The first kappa shape index (κ1) is 19.4. The molecule has 2 rings (SSSR count). The molecule has 1 aliphatic carbocycles. The van der Waals surface area contributed by atoms with Gasteiger partial charge in [0.15, 0.2) is 6.61 Å². The molecule has 0 radical (unpaired) electrons. The highest BCUT2D eigenvalue weighted by Crippen LogP contribution is 2.29. The number of fused-ring (bicyclic) bond motifs is 1. The maximum Gasteiger partial charge on any atom is 0.348 e. The molecular formula is C18H26N2O4S. The summed E-state index contributed by atoms with van der Waals surface area (Å²) < 4.78 is 5.02. The lowest BCUT2D eigenvalue weighted by molar-refractivity contribution is -0.123. The molecule has 25 heavy (non-hydrogen) atoms. The Kier molecular flexibility index (Phi) is 7.43. The number of hydrogen-bond acceptors (Lipinski definition) is 5. The largest absolute Gasteiger partial charge is 0.451 e. The molecule has 0 spiro atoms. The van der Waals surface area contributed by atoms with Gasteiger partial charge in [-0.1, -0.05) is 20.3 Å². The maximum absolute atomic E-state index is 12.1. The van der Waals surface area contributed by atoms with Gasteiger partial charge in [0.05, 0.1) is 0 Å². The van der Waals surface area contributed by atoms with E-state index < -0.39 is 24.5 Å². The summed E-state index contributed by atoms with van der Waals surface area (Å²) in [6.45, 7) is 4.14. The number of ether oxygens (including phenoxy) is 1. The van der Waals surface area contributed by atoms with Crippen LogP contribution in [0.5, 0.6) is 0 Å². The zero-order valence-corrected chi connectivity index (χ0v) is 15.7. The van der Waals surface area contributed by atoms with Gasteiger partial charge in [0.25, 0.3) is 5.91 Å². The quantitative estimate of drug-likeness (QED) is 0.599. The Bertz CT molecular complexity index is 601. The first-order valence-corrected chi connectivity index (χ1v) is 9.63. The summed E-state index contributed by atoms with van der Waals surface area (Å²) in [6, 6.07) is 1.31. The monoisotopic (exact) mass is 366 g/mol. The average Bonchev–Trinajstić information content (AvgIpc) is 2.83. The van der Waals surface area contributed by atoms with Crippen molar-refractivity contribution in [1.29, 1.82) is 0 Å². The number of imide groups is 1. The standard InChI is InChI=1S/C18H26N2O4S/c1-12(2)8-9-19-18(23)20-16(21)11-24-17(22)15-10-13-6-4-3-5-7-14(13)25-15/h10,12H,3-9,11H2,1-2H3,(H2,19,20,21,23). The number of nitrogens with one attached hydrogen (secondary N) is 2. The smallest absolute Gasteiger partial charge is 0.348 e. The highest BCUT2D eigenvalue weighted by Gasteiger charge is 2.18. The van der Waals surface area contributed by atoms with Crippen molar-refractivity contribution in [3.8, 4) is 0 Å². The van der Waals surface area contributed by atoms with Gasteiger partial charge in [-0.3, -0.25) is 10.1 Å². The number of rotatable bonds is 6. The Morgan fingerprint density at radius 1 is 1.20 bits per heavy atom. The van der Waals surface area contributed by atoms with Crippen LogP contribution in [0, 0.1) is 5.92 Å². The molecule has 0 saturated heterocycles. The molecule has 1 heterocycles. The van der Waals surface area contributed by atoms with Crippen molar-refractivity contribution < 1.29 is 19.1 Å². The summed E-state index contributed by atoms with van der Waals surface area (Å²) >= 11 is 1.45. The second-order valence-electron chi connectivity index (χ2n) is 6.68. The number of urea groups is 1. The van der Waals surface area contributed by atoms with E-state index in [4.69, 9.17) is 4.74 Å². The molecule has 1 aromatic rings. The van der Waals surface area contributed by atoms with Crippen LogP contribution < -0.4 is 10.6 Å². The Morgan fingerprint density at radius 2 is 1.96 bits per heavy atom. The van der Waals surface area contributed by atoms with Gasteiger partial charge < -0.3 is 10.1 Å². The van der Waals surface area contributed by atoms with Gasteiger partial charge in [0.1, 0.15) is 4.88 Å². The summed E-state index contributed by atoms with van der Waals surface area (Å²) in [4.78, 5) is 37.1. The summed E-state index contributed by atoms with van der Waals surface area (Å²) in [5.74, 6) is -0.667. The fourth-order valence-electron chi connectivity index (χ4n) is 2.65. The molecule has 1 aliphatic rings. The summed E-state index contributed by atoms with van der Waals surface area (Å²) in [7, 11) is 0. The second-order valence-corrected chi connectivity index (χ2v) is 7.82. The topological polar surface area (TPSA) is 84.5 Å². The fourth-order valence-corrected chi connectivity index (χ4v) is 3.80. The van der Waals surface area contributed by atoms with Gasteiger partial charge in [-0.25, -0.2) is 9.59 Å². The van der Waals surface area contributed by atoms with Crippen molar-refractivity contribution in [2.24, 2.45) is 5.92 Å². The van der Waals surface area contributed by atoms with Crippen molar-refractivity contribution in [1.82, 2.24) is 10.6 Å². The number of aryl methyl sites for hydroxylation is 2. The third-order valence-corrected chi connectivity index (χ3v) is 5.26. The molecule has 6 nitrogen and oxygen atoms in total. The number of esters is 1. The Balaban J connectivity index is 1.74.